The normalized spacial score (nSPS) is 26.7. The summed E-state index contributed by atoms with van der Waals surface area (Å²) in [5, 5.41) is 8.87. The van der Waals surface area contributed by atoms with Gasteiger partial charge in [-0.15, -0.1) is 0 Å². The Morgan fingerprint density at radius 1 is 1.25 bits per heavy atom. The second kappa shape index (κ2) is 6.89. The van der Waals surface area contributed by atoms with Gasteiger partial charge in [-0.1, -0.05) is 33.1 Å². The third-order valence-electron chi connectivity index (χ3n) is 3.90. The van der Waals surface area contributed by atoms with Crippen LogP contribution in [-0.4, -0.2) is 35.1 Å². The molecule has 0 aromatic heterocycles. The van der Waals surface area contributed by atoms with Gasteiger partial charge < -0.3 is 5.11 Å². The third-order valence-corrected chi connectivity index (χ3v) is 3.90. The lowest BCUT2D eigenvalue weighted by atomic mass is 9.97. The van der Waals surface area contributed by atoms with Crippen LogP contribution in [0, 0.1) is 5.92 Å². The van der Waals surface area contributed by atoms with Crippen LogP contribution in [0.25, 0.3) is 0 Å². The molecule has 0 spiro atoms. The summed E-state index contributed by atoms with van der Waals surface area (Å²) in [6, 6.07) is 0.498. The Bertz CT molecular complexity index is 218. The van der Waals surface area contributed by atoms with E-state index in [1.807, 2.05) is 0 Å². The average molecular weight is 227 g/mol. The fourth-order valence-corrected chi connectivity index (χ4v) is 2.81. The maximum Gasteiger partial charge on any atom is 0.317 e. The highest BCUT2D eigenvalue weighted by atomic mass is 16.4. The number of carbonyl (C=O) groups is 1. The molecule has 0 aliphatic heterocycles. The SMILES string of the molecule is CCC1CCCC(N(CC)CC(=O)O)CC1. The topological polar surface area (TPSA) is 40.5 Å². The van der Waals surface area contributed by atoms with E-state index in [1.54, 1.807) is 0 Å². The van der Waals surface area contributed by atoms with Gasteiger partial charge in [0.2, 0.25) is 0 Å². The van der Waals surface area contributed by atoms with Crippen LogP contribution >= 0.6 is 0 Å². The van der Waals surface area contributed by atoms with Gasteiger partial charge >= 0.3 is 5.97 Å². The van der Waals surface area contributed by atoms with E-state index in [-0.39, 0.29) is 6.54 Å². The number of hydrogen-bond acceptors (Lipinski definition) is 2. The van der Waals surface area contributed by atoms with Crippen molar-refractivity contribution in [2.45, 2.75) is 58.4 Å². The number of nitrogens with zero attached hydrogens (tertiary/aromatic N) is 1. The highest BCUT2D eigenvalue weighted by Gasteiger charge is 2.23. The zero-order chi connectivity index (χ0) is 12.0. The molecule has 1 aliphatic carbocycles. The van der Waals surface area contributed by atoms with E-state index in [1.165, 1.54) is 38.5 Å². The smallest absolute Gasteiger partial charge is 0.317 e. The molecule has 1 aliphatic rings. The van der Waals surface area contributed by atoms with Crippen LogP contribution in [0.5, 0.6) is 0 Å². The molecule has 1 rings (SSSR count). The maximum absolute atomic E-state index is 10.8. The van der Waals surface area contributed by atoms with Crippen LogP contribution in [0.4, 0.5) is 0 Å². The summed E-state index contributed by atoms with van der Waals surface area (Å²) in [5.41, 5.74) is 0. The van der Waals surface area contributed by atoms with Gasteiger partial charge in [-0.3, -0.25) is 9.69 Å². The Morgan fingerprint density at radius 3 is 2.56 bits per heavy atom. The molecule has 2 atom stereocenters. The lowest BCUT2D eigenvalue weighted by Gasteiger charge is -2.28. The fourth-order valence-electron chi connectivity index (χ4n) is 2.81. The quantitative estimate of drug-likeness (QED) is 0.734. The van der Waals surface area contributed by atoms with E-state index < -0.39 is 5.97 Å². The molecule has 0 aromatic carbocycles. The summed E-state index contributed by atoms with van der Waals surface area (Å²) in [5.74, 6) is 0.173. The van der Waals surface area contributed by atoms with Crippen LogP contribution in [0.15, 0.2) is 0 Å². The van der Waals surface area contributed by atoms with Crippen molar-refractivity contribution < 1.29 is 9.90 Å². The van der Waals surface area contributed by atoms with Crippen molar-refractivity contribution in [3.63, 3.8) is 0 Å². The number of likely N-dealkylation sites (N-methyl/N-ethyl adjacent to an activating group) is 1. The maximum atomic E-state index is 10.8. The minimum Gasteiger partial charge on any atom is -0.480 e. The Morgan fingerprint density at radius 2 is 2.00 bits per heavy atom. The number of hydrogen-bond donors (Lipinski definition) is 1. The lowest BCUT2D eigenvalue weighted by molar-refractivity contribution is -0.139. The van der Waals surface area contributed by atoms with Crippen molar-refractivity contribution in [3.05, 3.63) is 0 Å². The van der Waals surface area contributed by atoms with Crippen molar-refractivity contribution >= 4 is 5.97 Å². The Hall–Kier alpha value is -0.570. The lowest BCUT2D eigenvalue weighted by Crippen LogP contribution is -2.38. The van der Waals surface area contributed by atoms with Gasteiger partial charge in [-0.25, -0.2) is 0 Å². The summed E-state index contributed by atoms with van der Waals surface area (Å²) < 4.78 is 0. The van der Waals surface area contributed by atoms with Crippen molar-refractivity contribution in [2.75, 3.05) is 13.1 Å². The van der Waals surface area contributed by atoms with E-state index in [4.69, 9.17) is 5.11 Å². The van der Waals surface area contributed by atoms with Gasteiger partial charge in [0, 0.05) is 6.04 Å². The second-order valence-electron chi connectivity index (χ2n) is 4.89. The van der Waals surface area contributed by atoms with Crippen LogP contribution in [0.3, 0.4) is 0 Å². The first-order valence-corrected chi connectivity index (χ1v) is 6.63. The minimum absolute atomic E-state index is 0.206. The van der Waals surface area contributed by atoms with Crippen LogP contribution in [0.1, 0.15) is 52.4 Å². The highest BCUT2D eigenvalue weighted by molar-refractivity contribution is 5.69. The summed E-state index contributed by atoms with van der Waals surface area (Å²) in [6.45, 7) is 5.39. The Labute approximate surface area is 98.8 Å². The first-order valence-electron chi connectivity index (χ1n) is 6.63. The molecular weight excluding hydrogens is 202 g/mol. The Balaban J connectivity index is 2.47. The number of carboxylic acid groups (broad SMARTS) is 1. The van der Waals surface area contributed by atoms with Gasteiger partial charge in [-0.2, -0.15) is 0 Å². The largest absolute Gasteiger partial charge is 0.480 e. The average Bonchev–Trinajstić information content (AvgIpc) is 2.50. The summed E-state index contributed by atoms with van der Waals surface area (Å²) >= 11 is 0. The molecule has 16 heavy (non-hydrogen) atoms. The molecular formula is C13H25NO2. The molecule has 3 heteroatoms. The standard InChI is InChI=1S/C13H25NO2/c1-3-11-6-5-7-12(9-8-11)14(4-2)10-13(15)16/h11-12H,3-10H2,1-2H3,(H,15,16). The summed E-state index contributed by atoms with van der Waals surface area (Å²) in [6.07, 6.45) is 7.50. The van der Waals surface area contributed by atoms with Crippen molar-refractivity contribution in [1.82, 2.24) is 4.90 Å². The van der Waals surface area contributed by atoms with Crippen LogP contribution < -0.4 is 0 Å². The van der Waals surface area contributed by atoms with Gasteiger partial charge in [0.15, 0.2) is 0 Å². The van der Waals surface area contributed by atoms with Gasteiger partial charge in [0.1, 0.15) is 0 Å². The first kappa shape index (κ1) is 13.5. The monoisotopic (exact) mass is 227 g/mol. The molecule has 0 saturated heterocycles. The zero-order valence-electron chi connectivity index (χ0n) is 10.6. The molecule has 0 amide bonds. The van der Waals surface area contributed by atoms with Crippen LogP contribution in [-0.2, 0) is 4.79 Å². The van der Waals surface area contributed by atoms with Crippen molar-refractivity contribution in [2.24, 2.45) is 5.92 Å². The summed E-state index contributed by atoms with van der Waals surface area (Å²) in [7, 11) is 0. The molecule has 2 unspecified atom stereocenters. The predicted octanol–water partition coefficient (Wildman–Crippen LogP) is 2.75. The predicted molar refractivity (Wildman–Crippen MR) is 65.5 cm³/mol. The van der Waals surface area contributed by atoms with E-state index in [0.29, 0.717) is 6.04 Å². The van der Waals surface area contributed by atoms with E-state index in [9.17, 15) is 4.79 Å². The van der Waals surface area contributed by atoms with Gasteiger partial charge in [0.05, 0.1) is 6.54 Å². The molecule has 0 aromatic rings. The molecule has 0 heterocycles. The Kier molecular flexibility index (Phi) is 5.81. The number of rotatable bonds is 5. The second-order valence-corrected chi connectivity index (χ2v) is 4.89. The van der Waals surface area contributed by atoms with Crippen molar-refractivity contribution in [3.8, 4) is 0 Å². The molecule has 0 radical (unpaired) electrons. The minimum atomic E-state index is -0.696. The molecule has 1 saturated carbocycles. The number of carboxylic acids is 1. The van der Waals surface area contributed by atoms with E-state index in [0.717, 1.165) is 12.5 Å². The molecule has 1 fully saturated rings. The molecule has 94 valence electrons. The van der Waals surface area contributed by atoms with Crippen LogP contribution in [0.2, 0.25) is 0 Å². The molecule has 3 nitrogen and oxygen atoms in total. The molecule has 1 N–H and O–H groups in total. The van der Waals surface area contributed by atoms with E-state index in [2.05, 4.69) is 18.7 Å². The first-order chi connectivity index (χ1) is 7.67. The molecule has 0 bridgehead atoms. The number of aliphatic carboxylic acids is 1. The summed E-state index contributed by atoms with van der Waals surface area (Å²) in [4.78, 5) is 12.9. The third kappa shape index (κ3) is 4.12. The van der Waals surface area contributed by atoms with Gasteiger partial charge in [-0.05, 0) is 31.7 Å². The fraction of sp³-hybridized carbons (Fsp3) is 0.923. The van der Waals surface area contributed by atoms with Gasteiger partial charge in [0.25, 0.3) is 0 Å². The zero-order valence-corrected chi connectivity index (χ0v) is 10.6. The van der Waals surface area contributed by atoms with Crippen molar-refractivity contribution in [1.29, 1.82) is 0 Å². The highest BCUT2D eigenvalue weighted by Crippen LogP contribution is 2.27. The van der Waals surface area contributed by atoms with E-state index >= 15 is 0 Å².